The number of benzene rings is 1. The van der Waals surface area contributed by atoms with E-state index in [9.17, 15) is 9.59 Å². The summed E-state index contributed by atoms with van der Waals surface area (Å²) in [6.45, 7) is 4.06. The number of amides is 2. The zero-order chi connectivity index (χ0) is 14.5. The van der Waals surface area contributed by atoms with E-state index in [1.807, 2.05) is 6.92 Å². The summed E-state index contributed by atoms with van der Waals surface area (Å²) >= 11 is 0. The van der Waals surface area contributed by atoms with E-state index in [-0.39, 0.29) is 17.9 Å². The lowest BCUT2D eigenvalue weighted by atomic mass is 10.1. The van der Waals surface area contributed by atoms with Gasteiger partial charge in [-0.3, -0.25) is 14.5 Å². The first-order valence-electron chi connectivity index (χ1n) is 7.16. The predicted octanol–water partition coefficient (Wildman–Crippen LogP) is 3.25. The molecule has 0 saturated heterocycles. The Morgan fingerprint density at radius 1 is 1.10 bits per heavy atom. The van der Waals surface area contributed by atoms with E-state index in [2.05, 4.69) is 18.8 Å². The van der Waals surface area contributed by atoms with Gasteiger partial charge in [0, 0.05) is 6.42 Å². The highest BCUT2D eigenvalue weighted by Crippen LogP contribution is 2.25. The molecule has 0 aliphatic carbocycles. The Morgan fingerprint density at radius 2 is 1.70 bits per heavy atom. The van der Waals surface area contributed by atoms with E-state index >= 15 is 0 Å². The van der Waals surface area contributed by atoms with Crippen LogP contribution in [0.4, 0.5) is 0 Å². The zero-order valence-electron chi connectivity index (χ0n) is 12.0. The summed E-state index contributed by atoms with van der Waals surface area (Å²) in [7, 11) is 0. The molecular formula is C17H19NO2. The van der Waals surface area contributed by atoms with Crippen LogP contribution in [0.25, 0.3) is 0 Å². The molecule has 20 heavy (non-hydrogen) atoms. The van der Waals surface area contributed by atoms with Crippen molar-refractivity contribution >= 4 is 11.8 Å². The second kappa shape index (κ2) is 6.38. The van der Waals surface area contributed by atoms with Crippen molar-refractivity contribution in [2.75, 3.05) is 0 Å². The molecule has 0 aromatic heterocycles. The second-order valence-corrected chi connectivity index (χ2v) is 4.87. The minimum Gasteiger partial charge on any atom is -0.269 e. The average Bonchev–Trinajstić information content (AvgIpc) is 2.73. The summed E-state index contributed by atoms with van der Waals surface area (Å²) < 4.78 is 0. The van der Waals surface area contributed by atoms with Crippen LogP contribution in [0.15, 0.2) is 24.3 Å². The number of fused-ring (bicyclic) bond motifs is 1. The van der Waals surface area contributed by atoms with Crippen LogP contribution in [-0.2, 0) is 0 Å². The molecule has 1 aromatic rings. The van der Waals surface area contributed by atoms with Crippen molar-refractivity contribution in [1.82, 2.24) is 4.90 Å². The van der Waals surface area contributed by atoms with Crippen LogP contribution < -0.4 is 0 Å². The Bertz CT molecular complexity index is 545. The molecule has 1 aromatic carbocycles. The van der Waals surface area contributed by atoms with Crippen molar-refractivity contribution in [3.8, 4) is 11.8 Å². The molecule has 0 bridgehead atoms. The Labute approximate surface area is 120 Å². The standard InChI is InChI=1S/C17H19NO2/c1-3-5-6-7-10-13(4-2)18-16(19)14-11-8-9-12-15(14)17(18)20/h8-9,11-13H,3-6H2,1-2H3. The van der Waals surface area contributed by atoms with Crippen LogP contribution >= 0.6 is 0 Å². The van der Waals surface area contributed by atoms with Gasteiger partial charge >= 0.3 is 0 Å². The van der Waals surface area contributed by atoms with Gasteiger partial charge in [-0.2, -0.15) is 0 Å². The molecule has 0 fully saturated rings. The number of rotatable bonds is 4. The van der Waals surface area contributed by atoms with Crippen molar-refractivity contribution in [2.24, 2.45) is 0 Å². The van der Waals surface area contributed by atoms with Crippen LogP contribution in [0.5, 0.6) is 0 Å². The lowest BCUT2D eigenvalue weighted by Crippen LogP contribution is -2.38. The highest BCUT2D eigenvalue weighted by atomic mass is 16.2. The fraction of sp³-hybridized carbons (Fsp3) is 0.412. The van der Waals surface area contributed by atoms with Gasteiger partial charge < -0.3 is 0 Å². The van der Waals surface area contributed by atoms with Gasteiger partial charge in [0.1, 0.15) is 6.04 Å². The summed E-state index contributed by atoms with van der Waals surface area (Å²) in [6, 6.07) is 6.64. The van der Waals surface area contributed by atoms with Gasteiger partial charge in [0.05, 0.1) is 11.1 Å². The number of carbonyl (C=O) groups is 2. The van der Waals surface area contributed by atoms with Gasteiger partial charge in [-0.25, -0.2) is 0 Å². The van der Waals surface area contributed by atoms with Crippen LogP contribution in [0.2, 0.25) is 0 Å². The molecule has 2 rings (SSSR count). The van der Waals surface area contributed by atoms with E-state index < -0.39 is 0 Å². The molecule has 3 nitrogen and oxygen atoms in total. The van der Waals surface area contributed by atoms with Crippen molar-refractivity contribution in [3.63, 3.8) is 0 Å². The lowest BCUT2D eigenvalue weighted by Gasteiger charge is -2.20. The van der Waals surface area contributed by atoms with Crippen molar-refractivity contribution in [1.29, 1.82) is 0 Å². The molecule has 0 spiro atoms. The number of carbonyl (C=O) groups excluding carboxylic acids is 2. The van der Waals surface area contributed by atoms with Gasteiger partial charge in [0.25, 0.3) is 11.8 Å². The SMILES string of the molecule is CCCCC#CC(CC)N1C(=O)c2ccccc2C1=O. The molecule has 1 unspecified atom stereocenters. The normalized spacial score (nSPS) is 14.8. The Kier molecular flexibility index (Phi) is 4.57. The molecule has 1 heterocycles. The van der Waals surface area contributed by atoms with E-state index in [0.29, 0.717) is 17.5 Å². The molecule has 1 aliphatic rings. The number of nitrogens with zero attached hydrogens (tertiary/aromatic N) is 1. The minimum absolute atomic E-state index is 0.220. The maximum absolute atomic E-state index is 12.3. The van der Waals surface area contributed by atoms with Gasteiger partial charge in [-0.15, -0.1) is 5.92 Å². The summed E-state index contributed by atoms with van der Waals surface area (Å²) in [6.07, 6.45) is 3.62. The average molecular weight is 269 g/mol. The monoisotopic (exact) mass is 269 g/mol. The van der Waals surface area contributed by atoms with E-state index in [4.69, 9.17) is 0 Å². The topological polar surface area (TPSA) is 37.4 Å². The smallest absolute Gasteiger partial charge is 0.262 e. The number of imide groups is 1. The Balaban J connectivity index is 2.22. The highest BCUT2D eigenvalue weighted by Gasteiger charge is 2.38. The zero-order valence-corrected chi connectivity index (χ0v) is 12.0. The Morgan fingerprint density at radius 3 is 2.20 bits per heavy atom. The first kappa shape index (κ1) is 14.3. The fourth-order valence-corrected chi connectivity index (χ4v) is 2.30. The highest BCUT2D eigenvalue weighted by molar-refractivity contribution is 6.21. The summed E-state index contributed by atoms with van der Waals surface area (Å²) in [5, 5.41) is 0. The molecule has 3 heteroatoms. The van der Waals surface area contributed by atoms with E-state index in [0.717, 1.165) is 19.3 Å². The van der Waals surface area contributed by atoms with Gasteiger partial charge in [0.2, 0.25) is 0 Å². The summed E-state index contributed by atoms with van der Waals surface area (Å²) in [5.41, 5.74) is 0.984. The number of unbranched alkanes of at least 4 members (excludes halogenated alkanes) is 2. The molecule has 1 atom stereocenters. The minimum atomic E-state index is -0.320. The molecular weight excluding hydrogens is 250 g/mol. The molecule has 0 radical (unpaired) electrons. The maximum atomic E-state index is 12.3. The first-order valence-corrected chi connectivity index (χ1v) is 7.16. The maximum Gasteiger partial charge on any atom is 0.262 e. The molecule has 1 aliphatic heterocycles. The van der Waals surface area contributed by atoms with E-state index in [1.54, 1.807) is 24.3 Å². The van der Waals surface area contributed by atoms with Crippen molar-refractivity contribution < 1.29 is 9.59 Å². The summed E-state index contributed by atoms with van der Waals surface area (Å²) in [4.78, 5) is 26.0. The molecule has 0 saturated carbocycles. The third-order valence-electron chi connectivity index (χ3n) is 3.45. The van der Waals surface area contributed by atoms with Gasteiger partial charge in [-0.05, 0) is 25.0 Å². The molecule has 2 amide bonds. The molecule has 0 N–H and O–H groups in total. The summed E-state index contributed by atoms with van der Waals surface area (Å²) in [5.74, 6) is 5.72. The third kappa shape index (κ3) is 2.60. The van der Waals surface area contributed by atoms with E-state index in [1.165, 1.54) is 4.90 Å². The first-order chi connectivity index (χ1) is 9.70. The van der Waals surface area contributed by atoms with Crippen LogP contribution in [0.3, 0.4) is 0 Å². The Hall–Kier alpha value is -2.08. The fourth-order valence-electron chi connectivity index (χ4n) is 2.30. The lowest BCUT2D eigenvalue weighted by molar-refractivity contribution is 0.0618. The second-order valence-electron chi connectivity index (χ2n) is 4.87. The quantitative estimate of drug-likeness (QED) is 0.478. The van der Waals surface area contributed by atoms with Crippen LogP contribution in [0.1, 0.15) is 60.2 Å². The van der Waals surface area contributed by atoms with Crippen molar-refractivity contribution in [2.45, 2.75) is 45.6 Å². The van der Waals surface area contributed by atoms with Crippen LogP contribution in [-0.4, -0.2) is 22.8 Å². The van der Waals surface area contributed by atoms with Crippen LogP contribution in [0, 0.1) is 11.8 Å². The van der Waals surface area contributed by atoms with Gasteiger partial charge in [-0.1, -0.05) is 38.3 Å². The number of hydrogen-bond acceptors (Lipinski definition) is 2. The predicted molar refractivity (Wildman–Crippen MR) is 78.3 cm³/mol. The van der Waals surface area contributed by atoms with Crippen molar-refractivity contribution in [3.05, 3.63) is 35.4 Å². The largest absolute Gasteiger partial charge is 0.269 e. The number of hydrogen-bond donors (Lipinski definition) is 0. The molecule has 104 valence electrons. The third-order valence-corrected chi connectivity index (χ3v) is 3.45. The van der Waals surface area contributed by atoms with Gasteiger partial charge in [0.15, 0.2) is 0 Å².